The number of hydrogen-bond donors (Lipinski definition) is 1. The molecule has 8 heteroatoms. The number of ether oxygens (including phenoxy) is 2. The Morgan fingerprint density at radius 1 is 1.16 bits per heavy atom. The predicted molar refractivity (Wildman–Crippen MR) is 112 cm³/mol. The van der Waals surface area contributed by atoms with E-state index in [1.54, 1.807) is 55.5 Å². The van der Waals surface area contributed by atoms with Crippen LogP contribution in [-0.4, -0.2) is 41.7 Å². The molecular formula is C23H20FN3O4. The Kier molecular flexibility index (Phi) is 4.62. The van der Waals surface area contributed by atoms with Crippen LogP contribution in [0.25, 0.3) is 22.2 Å². The van der Waals surface area contributed by atoms with E-state index >= 15 is 0 Å². The molecule has 1 aliphatic rings. The minimum absolute atomic E-state index is 0.174. The van der Waals surface area contributed by atoms with Gasteiger partial charge in [0.1, 0.15) is 34.5 Å². The molecule has 0 aliphatic carbocycles. The van der Waals surface area contributed by atoms with Crippen molar-refractivity contribution >= 4 is 16.8 Å². The average molecular weight is 421 g/mol. The number of fused-ring (bicyclic) bond motifs is 2. The first kappa shape index (κ1) is 19.2. The number of nitrogens with one attached hydrogen (secondary N) is 1. The Hall–Kier alpha value is -3.81. The Labute approximate surface area is 177 Å². The van der Waals surface area contributed by atoms with E-state index in [9.17, 15) is 9.18 Å². The van der Waals surface area contributed by atoms with Crippen LogP contribution in [0.3, 0.4) is 0 Å². The quantitative estimate of drug-likeness (QED) is 0.535. The SMILES string of the molecule is COc1ccc(OC)c2[nH]c(C(=O)N3CCc4onc(-c5ccccc5F)c4C3)cc12. The van der Waals surface area contributed by atoms with Crippen molar-refractivity contribution in [3.8, 4) is 22.8 Å². The Balaban J connectivity index is 1.49. The number of amides is 1. The molecule has 158 valence electrons. The molecule has 0 unspecified atom stereocenters. The van der Waals surface area contributed by atoms with Crippen LogP contribution in [0.2, 0.25) is 0 Å². The van der Waals surface area contributed by atoms with E-state index in [-0.39, 0.29) is 18.3 Å². The fraction of sp³-hybridized carbons (Fsp3) is 0.217. The van der Waals surface area contributed by atoms with Crippen molar-refractivity contribution in [1.82, 2.24) is 15.0 Å². The molecular weight excluding hydrogens is 401 g/mol. The van der Waals surface area contributed by atoms with Crippen LogP contribution in [0.1, 0.15) is 21.8 Å². The lowest BCUT2D eigenvalue weighted by Crippen LogP contribution is -2.35. The molecule has 5 rings (SSSR count). The van der Waals surface area contributed by atoms with Crippen molar-refractivity contribution in [2.75, 3.05) is 20.8 Å². The number of nitrogens with zero attached hydrogens (tertiary/aromatic N) is 2. The molecule has 1 aliphatic heterocycles. The van der Waals surface area contributed by atoms with E-state index in [4.69, 9.17) is 14.0 Å². The Bertz CT molecular complexity index is 1250. The molecule has 3 heterocycles. The van der Waals surface area contributed by atoms with Gasteiger partial charge in [0.2, 0.25) is 0 Å². The molecule has 0 atom stereocenters. The fourth-order valence-electron chi connectivity index (χ4n) is 4.05. The van der Waals surface area contributed by atoms with Gasteiger partial charge in [-0.1, -0.05) is 17.3 Å². The first-order valence-corrected chi connectivity index (χ1v) is 9.86. The average Bonchev–Trinajstić information content (AvgIpc) is 3.42. The van der Waals surface area contributed by atoms with E-state index in [0.29, 0.717) is 52.7 Å². The van der Waals surface area contributed by atoms with Gasteiger partial charge in [-0.15, -0.1) is 0 Å². The maximum atomic E-state index is 14.3. The maximum absolute atomic E-state index is 14.3. The van der Waals surface area contributed by atoms with Crippen LogP contribution < -0.4 is 9.47 Å². The first-order chi connectivity index (χ1) is 15.1. The molecule has 7 nitrogen and oxygen atoms in total. The summed E-state index contributed by atoms with van der Waals surface area (Å²) in [6.45, 7) is 0.756. The van der Waals surface area contributed by atoms with Gasteiger partial charge in [-0.25, -0.2) is 4.39 Å². The second-order valence-electron chi connectivity index (χ2n) is 7.33. The Morgan fingerprint density at radius 2 is 1.94 bits per heavy atom. The molecule has 4 aromatic rings. The standard InChI is InChI=1S/C23H20FN3O4/c1-29-18-7-8-20(30-2)22-14(18)11-17(25-22)23(28)27-10-9-19-15(12-27)21(26-31-19)13-5-3-4-6-16(13)24/h3-8,11,25H,9-10,12H2,1-2H3. The maximum Gasteiger partial charge on any atom is 0.270 e. The van der Waals surface area contributed by atoms with Crippen LogP contribution in [0.15, 0.2) is 47.0 Å². The smallest absolute Gasteiger partial charge is 0.270 e. The van der Waals surface area contributed by atoms with Gasteiger partial charge in [0.15, 0.2) is 0 Å². The summed E-state index contributed by atoms with van der Waals surface area (Å²) in [5.41, 5.74) is 2.65. The molecule has 31 heavy (non-hydrogen) atoms. The van der Waals surface area contributed by atoms with Gasteiger partial charge in [0.05, 0.1) is 26.3 Å². The lowest BCUT2D eigenvalue weighted by molar-refractivity contribution is 0.0724. The largest absolute Gasteiger partial charge is 0.496 e. The zero-order chi connectivity index (χ0) is 21.5. The topological polar surface area (TPSA) is 80.6 Å². The van der Waals surface area contributed by atoms with Crippen LogP contribution in [-0.2, 0) is 13.0 Å². The van der Waals surface area contributed by atoms with Crippen molar-refractivity contribution < 1.29 is 23.2 Å². The number of aromatic nitrogens is 2. The summed E-state index contributed by atoms with van der Waals surface area (Å²) in [5.74, 6) is 1.40. The van der Waals surface area contributed by atoms with Gasteiger partial charge in [-0.05, 0) is 30.3 Å². The minimum Gasteiger partial charge on any atom is -0.496 e. The van der Waals surface area contributed by atoms with Gasteiger partial charge in [0, 0.05) is 29.5 Å². The first-order valence-electron chi connectivity index (χ1n) is 9.86. The number of hydrogen-bond acceptors (Lipinski definition) is 5. The van der Waals surface area contributed by atoms with Crippen molar-refractivity contribution in [3.05, 3.63) is 65.3 Å². The summed E-state index contributed by atoms with van der Waals surface area (Å²) >= 11 is 0. The van der Waals surface area contributed by atoms with Gasteiger partial charge >= 0.3 is 0 Å². The summed E-state index contributed by atoms with van der Waals surface area (Å²) in [7, 11) is 3.16. The van der Waals surface area contributed by atoms with Gasteiger partial charge in [-0.3, -0.25) is 4.79 Å². The number of H-pyrrole nitrogens is 1. The second kappa shape index (κ2) is 7.46. The number of carbonyl (C=O) groups excluding carboxylic acids is 1. The highest BCUT2D eigenvalue weighted by molar-refractivity contribution is 6.01. The van der Waals surface area contributed by atoms with Crippen LogP contribution >= 0.6 is 0 Å². The van der Waals surface area contributed by atoms with Crippen LogP contribution in [0, 0.1) is 5.82 Å². The van der Waals surface area contributed by atoms with Crippen LogP contribution in [0.5, 0.6) is 11.5 Å². The zero-order valence-electron chi connectivity index (χ0n) is 17.1. The molecule has 1 N–H and O–H groups in total. The lowest BCUT2D eigenvalue weighted by Gasteiger charge is -2.25. The molecule has 0 saturated heterocycles. The third kappa shape index (κ3) is 3.11. The number of aromatic amines is 1. The van der Waals surface area contributed by atoms with E-state index in [1.165, 1.54) is 6.07 Å². The highest BCUT2D eigenvalue weighted by Gasteiger charge is 2.30. The van der Waals surface area contributed by atoms with Gasteiger partial charge in [-0.2, -0.15) is 0 Å². The number of rotatable bonds is 4. The molecule has 0 fully saturated rings. The summed E-state index contributed by atoms with van der Waals surface area (Å²) < 4.78 is 30.6. The van der Waals surface area contributed by atoms with Crippen LogP contribution in [0.4, 0.5) is 4.39 Å². The van der Waals surface area contributed by atoms with Crippen molar-refractivity contribution in [2.45, 2.75) is 13.0 Å². The normalized spacial score (nSPS) is 13.3. The minimum atomic E-state index is -0.378. The number of methoxy groups -OCH3 is 2. The Morgan fingerprint density at radius 3 is 2.71 bits per heavy atom. The molecule has 0 bridgehead atoms. The summed E-state index contributed by atoms with van der Waals surface area (Å²) in [4.78, 5) is 18.2. The third-order valence-corrected chi connectivity index (χ3v) is 5.63. The fourth-order valence-corrected chi connectivity index (χ4v) is 4.05. The summed E-state index contributed by atoms with van der Waals surface area (Å²) in [6, 6.07) is 11.8. The highest BCUT2D eigenvalue weighted by atomic mass is 19.1. The van der Waals surface area contributed by atoms with Gasteiger partial charge in [0.25, 0.3) is 5.91 Å². The van der Waals surface area contributed by atoms with E-state index in [1.807, 2.05) is 0 Å². The molecule has 1 amide bonds. The highest BCUT2D eigenvalue weighted by Crippen LogP contribution is 2.35. The number of benzene rings is 2. The third-order valence-electron chi connectivity index (χ3n) is 5.63. The molecule has 2 aromatic heterocycles. The zero-order valence-corrected chi connectivity index (χ0v) is 17.1. The molecule has 0 spiro atoms. The molecule has 0 radical (unpaired) electrons. The van der Waals surface area contributed by atoms with Crippen molar-refractivity contribution in [3.63, 3.8) is 0 Å². The lowest BCUT2D eigenvalue weighted by atomic mass is 10.0. The van der Waals surface area contributed by atoms with Crippen molar-refractivity contribution in [2.24, 2.45) is 0 Å². The second-order valence-corrected chi connectivity index (χ2v) is 7.33. The summed E-state index contributed by atoms with van der Waals surface area (Å²) in [5, 5.41) is 4.85. The van der Waals surface area contributed by atoms with E-state index < -0.39 is 0 Å². The summed E-state index contributed by atoms with van der Waals surface area (Å²) in [6.07, 6.45) is 0.509. The number of carbonyl (C=O) groups is 1. The molecule has 0 saturated carbocycles. The predicted octanol–water partition coefficient (Wildman–Crippen LogP) is 4.18. The van der Waals surface area contributed by atoms with E-state index in [2.05, 4.69) is 10.1 Å². The van der Waals surface area contributed by atoms with Crippen molar-refractivity contribution in [1.29, 1.82) is 0 Å². The molecule has 2 aromatic carbocycles. The number of halogens is 1. The van der Waals surface area contributed by atoms with Gasteiger partial charge < -0.3 is 23.9 Å². The monoisotopic (exact) mass is 421 g/mol. The van der Waals surface area contributed by atoms with E-state index in [0.717, 1.165) is 10.9 Å².